The van der Waals surface area contributed by atoms with E-state index in [4.69, 9.17) is 23.2 Å². The number of carbonyl (C=O) groups is 1. The number of nitrogens with one attached hydrogen (secondary N) is 1. The van der Waals surface area contributed by atoms with Gasteiger partial charge in [-0.15, -0.1) is 0 Å². The summed E-state index contributed by atoms with van der Waals surface area (Å²) in [5.41, 5.74) is 5.36. The van der Waals surface area contributed by atoms with Crippen LogP contribution in [0.25, 0.3) is 0 Å². The number of benzene rings is 4. The molecule has 178 valence electrons. The number of carbonyl (C=O) groups excluding carboxylic acids is 1. The Morgan fingerprint density at radius 1 is 0.714 bits per heavy atom. The van der Waals surface area contributed by atoms with Gasteiger partial charge in [0.15, 0.2) is 0 Å². The molecule has 0 aliphatic rings. The Kier molecular flexibility index (Phi) is 8.63. The Bertz CT molecular complexity index is 1240. The quantitative estimate of drug-likeness (QED) is 0.248. The highest BCUT2D eigenvalue weighted by Crippen LogP contribution is 2.27. The summed E-state index contributed by atoms with van der Waals surface area (Å²) in [6.07, 6.45) is 2.48. The van der Waals surface area contributed by atoms with Crippen LogP contribution in [0.4, 0.5) is 0 Å². The molecule has 1 amide bonds. The van der Waals surface area contributed by atoms with Gasteiger partial charge in [-0.1, -0.05) is 96.0 Å². The molecule has 0 saturated carbocycles. The molecule has 0 bridgehead atoms. The minimum Gasteiger partial charge on any atom is -0.349 e. The summed E-state index contributed by atoms with van der Waals surface area (Å²) in [4.78, 5) is 13.4. The van der Waals surface area contributed by atoms with Crippen LogP contribution in [0.3, 0.4) is 0 Å². The zero-order chi connectivity index (χ0) is 24.6. The first-order valence-corrected chi connectivity index (χ1v) is 12.7. The van der Waals surface area contributed by atoms with Crippen LogP contribution < -0.4 is 5.32 Å². The van der Waals surface area contributed by atoms with Gasteiger partial charge in [0.25, 0.3) is 5.91 Å². The van der Waals surface area contributed by atoms with E-state index in [9.17, 15) is 4.79 Å². The van der Waals surface area contributed by atoms with Crippen LogP contribution in [-0.4, -0.2) is 11.9 Å². The molecule has 0 radical (unpaired) electrons. The first kappa shape index (κ1) is 25.0. The lowest BCUT2D eigenvalue weighted by Gasteiger charge is -2.26. The van der Waals surface area contributed by atoms with E-state index >= 15 is 0 Å². The molecule has 4 rings (SSSR count). The van der Waals surface area contributed by atoms with Crippen LogP contribution in [0, 0.1) is 0 Å². The summed E-state index contributed by atoms with van der Waals surface area (Å²) in [6, 6.07) is 33.9. The average Bonchev–Trinajstić information content (AvgIpc) is 2.88. The van der Waals surface area contributed by atoms with Crippen molar-refractivity contribution < 1.29 is 4.79 Å². The van der Waals surface area contributed by atoms with Crippen LogP contribution in [0.1, 0.15) is 45.5 Å². The van der Waals surface area contributed by atoms with E-state index in [0.717, 1.165) is 36.0 Å². The lowest BCUT2D eigenvalue weighted by Crippen LogP contribution is -2.38. The number of hydrogen-bond acceptors (Lipinski definition) is 1. The Hall–Kier alpha value is -3.07. The van der Waals surface area contributed by atoms with Crippen LogP contribution in [0.2, 0.25) is 10.0 Å². The van der Waals surface area contributed by atoms with Crippen molar-refractivity contribution in [2.24, 2.45) is 0 Å². The predicted octanol–water partition coefficient (Wildman–Crippen LogP) is 7.92. The van der Waals surface area contributed by atoms with Crippen LogP contribution >= 0.6 is 23.2 Å². The van der Waals surface area contributed by atoms with E-state index in [2.05, 4.69) is 24.4 Å². The van der Waals surface area contributed by atoms with Crippen LogP contribution in [0.5, 0.6) is 0 Å². The summed E-state index contributed by atoms with van der Waals surface area (Å²) >= 11 is 12.2. The highest BCUT2D eigenvalue weighted by atomic mass is 35.5. The first-order valence-electron chi connectivity index (χ1n) is 11.9. The lowest BCUT2D eigenvalue weighted by atomic mass is 9.86. The highest BCUT2D eigenvalue weighted by Gasteiger charge is 2.23. The van der Waals surface area contributed by atoms with Crippen molar-refractivity contribution in [1.29, 1.82) is 0 Å². The van der Waals surface area contributed by atoms with Crippen molar-refractivity contribution in [1.82, 2.24) is 5.32 Å². The molecule has 0 aromatic heterocycles. The largest absolute Gasteiger partial charge is 0.349 e. The smallest absolute Gasteiger partial charge is 0.251 e. The fourth-order valence-corrected chi connectivity index (χ4v) is 4.69. The van der Waals surface area contributed by atoms with Gasteiger partial charge < -0.3 is 5.32 Å². The second-order valence-electron chi connectivity index (χ2n) is 8.89. The third-order valence-corrected chi connectivity index (χ3v) is 6.92. The molecule has 4 heteroatoms. The van der Waals surface area contributed by atoms with Crippen LogP contribution in [0.15, 0.2) is 103 Å². The van der Waals surface area contributed by atoms with Gasteiger partial charge in [-0.05, 0) is 78.8 Å². The lowest BCUT2D eigenvalue weighted by molar-refractivity contribution is 0.0933. The fourth-order valence-electron chi connectivity index (χ4n) is 4.44. The molecule has 0 saturated heterocycles. The van der Waals surface area contributed by atoms with Gasteiger partial charge in [0.1, 0.15) is 0 Å². The van der Waals surface area contributed by atoms with E-state index in [-0.39, 0.29) is 17.9 Å². The third kappa shape index (κ3) is 6.97. The Morgan fingerprint density at radius 3 is 2.00 bits per heavy atom. The summed E-state index contributed by atoms with van der Waals surface area (Å²) in [5, 5.41) is 4.69. The van der Waals surface area contributed by atoms with Crippen molar-refractivity contribution in [2.75, 3.05) is 0 Å². The van der Waals surface area contributed by atoms with Gasteiger partial charge in [-0.25, -0.2) is 0 Å². The summed E-state index contributed by atoms with van der Waals surface area (Å²) in [7, 11) is 0. The van der Waals surface area contributed by atoms with Gasteiger partial charge >= 0.3 is 0 Å². The normalized spacial score (nSPS) is 12.7. The van der Waals surface area contributed by atoms with Crippen molar-refractivity contribution in [3.8, 4) is 0 Å². The molecular weight excluding hydrogens is 473 g/mol. The van der Waals surface area contributed by atoms with Gasteiger partial charge in [-0.3, -0.25) is 4.79 Å². The molecule has 2 unspecified atom stereocenters. The van der Waals surface area contributed by atoms with E-state index in [1.54, 1.807) is 0 Å². The molecule has 0 spiro atoms. The Morgan fingerprint density at radius 2 is 1.31 bits per heavy atom. The van der Waals surface area contributed by atoms with Crippen LogP contribution in [-0.2, 0) is 19.3 Å². The number of halogens is 2. The summed E-state index contributed by atoms with van der Waals surface area (Å²) in [5.74, 6) is 0.0325. The molecule has 1 N–H and O–H groups in total. The minimum absolute atomic E-state index is 0.0452. The second kappa shape index (κ2) is 12.1. The maximum Gasteiger partial charge on any atom is 0.251 e. The van der Waals surface area contributed by atoms with Gasteiger partial charge in [0.05, 0.1) is 0 Å². The molecule has 2 atom stereocenters. The maximum atomic E-state index is 13.4. The molecule has 0 aliphatic heterocycles. The van der Waals surface area contributed by atoms with Crippen molar-refractivity contribution in [3.63, 3.8) is 0 Å². The monoisotopic (exact) mass is 501 g/mol. The fraction of sp³-hybridized carbons (Fsp3) is 0.194. The first-order chi connectivity index (χ1) is 17.0. The van der Waals surface area contributed by atoms with Crippen molar-refractivity contribution in [2.45, 2.75) is 38.1 Å². The second-order valence-corrected chi connectivity index (χ2v) is 9.77. The number of hydrogen-bond donors (Lipinski definition) is 1. The molecule has 0 fully saturated rings. The maximum absolute atomic E-state index is 13.4. The molecule has 2 nitrogen and oxygen atoms in total. The van der Waals surface area contributed by atoms with Crippen molar-refractivity contribution >= 4 is 29.1 Å². The van der Waals surface area contributed by atoms with Gasteiger partial charge in [-0.2, -0.15) is 0 Å². The van der Waals surface area contributed by atoms with Gasteiger partial charge in [0, 0.05) is 27.6 Å². The van der Waals surface area contributed by atoms with Crippen molar-refractivity contribution in [3.05, 3.63) is 141 Å². The minimum atomic E-state index is -0.0958. The third-order valence-electron chi connectivity index (χ3n) is 6.42. The molecule has 35 heavy (non-hydrogen) atoms. The Labute approximate surface area is 217 Å². The SMILES string of the molecule is CC(NC(=O)c1ccccc1CCc1ccccc1)C(Cc1ccc(Cl)cc1)c1ccc(Cl)cc1. The van der Waals surface area contributed by atoms with Gasteiger partial charge in [0.2, 0.25) is 0 Å². The van der Waals surface area contributed by atoms with E-state index in [1.165, 1.54) is 11.1 Å². The number of amides is 1. The number of rotatable bonds is 9. The van der Waals surface area contributed by atoms with E-state index in [1.807, 2.05) is 91.0 Å². The summed E-state index contributed by atoms with van der Waals surface area (Å²) < 4.78 is 0. The number of aryl methyl sites for hydroxylation is 2. The topological polar surface area (TPSA) is 29.1 Å². The molecule has 0 heterocycles. The van der Waals surface area contributed by atoms with E-state index in [0.29, 0.717) is 10.0 Å². The molecular formula is C31H29Cl2NO. The zero-order valence-corrected chi connectivity index (χ0v) is 21.3. The summed E-state index contributed by atoms with van der Waals surface area (Å²) in [6.45, 7) is 2.07. The Balaban J connectivity index is 1.52. The zero-order valence-electron chi connectivity index (χ0n) is 19.8. The average molecular weight is 502 g/mol. The van der Waals surface area contributed by atoms with E-state index < -0.39 is 0 Å². The molecule has 0 aliphatic carbocycles. The predicted molar refractivity (Wildman–Crippen MR) is 147 cm³/mol. The molecule has 4 aromatic rings. The highest BCUT2D eigenvalue weighted by molar-refractivity contribution is 6.30. The standard InChI is InChI=1S/C31H29Cl2NO/c1-22(30(26-15-19-28(33)20-16-26)21-24-12-17-27(32)18-13-24)34-31(35)29-10-6-5-9-25(29)14-11-23-7-3-2-4-8-23/h2-10,12-13,15-20,22,30H,11,14,21H2,1H3,(H,34,35). The molecule has 4 aromatic carbocycles.